The summed E-state index contributed by atoms with van der Waals surface area (Å²) in [5.41, 5.74) is 10.5. The second-order valence-electron chi connectivity index (χ2n) is 9.01. The van der Waals surface area contributed by atoms with Gasteiger partial charge < -0.3 is 24.8 Å². The summed E-state index contributed by atoms with van der Waals surface area (Å²) in [5, 5.41) is 13.2. The third kappa shape index (κ3) is 4.50. The summed E-state index contributed by atoms with van der Waals surface area (Å²) in [6.07, 6.45) is 5.50. The maximum Gasteiger partial charge on any atom is 0.172 e. The minimum absolute atomic E-state index is 0.307. The number of hydrogen-bond acceptors (Lipinski definition) is 8. The number of nitrogen functional groups attached to an aromatic ring is 1. The van der Waals surface area contributed by atoms with Crippen LogP contribution in [0, 0.1) is 0 Å². The lowest BCUT2D eigenvalue weighted by atomic mass is 10.0. The molecule has 1 spiro atoms. The maximum absolute atomic E-state index is 6.23. The predicted octanol–water partition coefficient (Wildman–Crippen LogP) is 3.83. The number of nitrogens with zero attached hydrogens (tertiary/aromatic N) is 5. The molecule has 0 unspecified atom stereocenters. The lowest BCUT2D eigenvalue weighted by Crippen LogP contribution is -2.45. The fraction of sp³-hybridized carbons (Fsp3) is 0.296. The monoisotopic (exact) mass is 484 g/mol. The highest BCUT2D eigenvalue weighted by molar-refractivity contribution is 5.70. The molecule has 36 heavy (non-hydrogen) atoms. The van der Waals surface area contributed by atoms with Crippen molar-refractivity contribution in [1.29, 1.82) is 0 Å². The molecule has 4 heterocycles. The van der Waals surface area contributed by atoms with Gasteiger partial charge in [-0.05, 0) is 23.8 Å². The first kappa shape index (κ1) is 22.5. The number of rotatable bonds is 6. The Kier molecular flexibility index (Phi) is 6.00. The van der Waals surface area contributed by atoms with Gasteiger partial charge in [0.05, 0.1) is 37.0 Å². The lowest BCUT2D eigenvalue weighted by Gasteiger charge is -2.38. The molecule has 0 bridgehead atoms. The van der Waals surface area contributed by atoms with Crippen LogP contribution in [0.4, 0.5) is 11.5 Å². The zero-order chi connectivity index (χ0) is 24.4. The number of benzene rings is 2. The molecule has 0 atom stereocenters. The molecule has 2 aliphatic heterocycles. The molecule has 2 fully saturated rings. The highest BCUT2D eigenvalue weighted by Crippen LogP contribution is 2.34. The summed E-state index contributed by atoms with van der Waals surface area (Å²) in [6.45, 7) is 3.49. The van der Waals surface area contributed by atoms with Crippen molar-refractivity contribution in [1.82, 2.24) is 20.0 Å². The van der Waals surface area contributed by atoms with Gasteiger partial charge >= 0.3 is 0 Å². The van der Waals surface area contributed by atoms with Gasteiger partial charge in [0.25, 0.3) is 0 Å². The number of ether oxygens (including phenoxy) is 3. The number of hydrogen-bond donors (Lipinski definition) is 1. The summed E-state index contributed by atoms with van der Waals surface area (Å²) in [4.78, 5) is 2.29. The van der Waals surface area contributed by atoms with E-state index in [1.54, 1.807) is 4.68 Å². The molecule has 9 heteroatoms. The zero-order valence-electron chi connectivity index (χ0n) is 19.9. The van der Waals surface area contributed by atoms with Gasteiger partial charge in [-0.2, -0.15) is 5.10 Å². The Balaban J connectivity index is 1.22. The summed E-state index contributed by atoms with van der Waals surface area (Å²) < 4.78 is 19.6. The number of anilines is 2. The van der Waals surface area contributed by atoms with Crippen LogP contribution in [-0.4, -0.2) is 52.1 Å². The largest absolute Gasteiger partial charge is 0.488 e. The predicted molar refractivity (Wildman–Crippen MR) is 136 cm³/mol. The normalized spacial score (nSPS) is 16.9. The van der Waals surface area contributed by atoms with Crippen LogP contribution in [0.5, 0.6) is 5.75 Å². The minimum Gasteiger partial charge on any atom is -0.488 e. The molecule has 6 rings (SSSR count). The van der Waals surface area contributed by atoms with Crippen LogP contribution in [0.25, 0.3) is 16.9 Å². The molecule has 4 aromatic rings. The highest BCUT2D eigenvalue weighted by atomic mass is 16.7. The van der Waals surface area contributed by atoms with Crippen molar-refractivity contribution in [2.45, 2.75) is 25.2 Å². The molecule has 0 radical (unpaired) electrons. The number of aromatic nitrogens is 4. The Labute approximate surface area is 209 Å². The second kappa shape index (κ2) is 9.60. The first-order chi connectivity index (χ1) is 17.7. The van der Waals surface area contributed by atoms with Crippen LogP contribution in [0.2, 0.25) is 0 Å². The fourth-order valence-corrected chi connectivity index (χ4v) is 4.75. The average Bonchev–Trinajstić information content (AvgIpc) is 3.60. The van der Waals surface area contributed by atoms with Crippen LogP contribution in [0.1, 0.15) is 18.4 Å². The molecule has 2 aliphatic rings. The van der Waals surface area contributed by atoms with E-state index in [1.807, 2.05) is 73.1 Å². The van der Waals surface area contributed by atoms with Gasteiger partial charge in [-0.25, -0.2) is 4.68 Å². The highest BCUT2D eigenvalue weighted by Gasteiger charge is 2.40. The molecule has 2 aromatic carbocycles. The Morgan fingerprint density at radius 3 is 2.50 bits per heavy atom. The van der Waals surface area contributed by atoms with Crippen molar-refractivity contribution in [2.75, 3.05) is 36.9 Å². The molecule has 0 saturated carbocycles. The van der Waals surface area contributed by atoms with Crippen molar-refractivity contribution in [3.63, 3.8) is 0 Å². The summed E-state index contributed by atoms with van der Waals surface area (Å²) in [5.74, 6) is 0.629. The van der Waals surface area contributed by atoms with E-state index in [9.17, 15) is 0 Å². The molecule has 2 aromatic heterocycles. The van der Waals surface area contributed by atoms with Crippen LogP contribution in [0.15, 0.2) is 73.1 Å². The van der Waals surface area contributed by atoms with Gasteiger partial charge in [-0.1, -0.05) is 42.5 Å². The van der Waals surface area contributed by atoms with Gasteiger partial charge in [0.15, 0.2) is 11.6 Å². The standard InChI is InChI=1S/C27H28N6O3/c28-26-24(33-18-21(17-29-33)32-12-10-27(11-13-32)35-14-15-36-27)16-23(30-31-26)22-8-4-5-9-25(22)34-19-20-6-2-1-3-7-20/h1-9,16-18H,10-15,19H2,(H2,28,31). The van der Waals surface area contributed by atoms with E-state index in [-0.39, 0.29) is 0 Å². The fourth-order valence-electron chi connectivity index (χ4n) is 4.75. The van der Waals surface area contributed by atoms with Crippen molar-refractivity contribution in [3.8, 4) is 22.7 Å². The van der Waals surface area contributed by atoms with E-state index < -0.39 is 5.79 Å². The van der Waals surface area contributed by atoms with E-state index in [1.165, 1.54) is 0 Å². The molecule has 184 valence electrons. The number of para-hydroxylation sites is 1. The second-order valence-corrected chi connectivity index (χ2v) is 9.01. The van der Waals surface area contributed by atoms with Crippen molar-refractivity contribution < 1.29 is 14.2 Å². The van der Waals surface area contributed by atoms with E-state index in [0.29, 0.717) is 37.0 Å². The Morgan fingerprint density at radius 1 is 0.944 bits per heavy atom. The molecule has 0 aliphatic carbocycles. The summed E-state index contributed by atoms with van der Waals surface area (Å²) >= 11 is 0. The number of piperidine rings is 1. The van der Waals surface area contributed by atoms with Gasteiger partial charge in [0, 0.05) is 31.5 Å². The maximum atomic E-state index is 6.23. The Morgan fingerprint density at radius 2 is 1.69 bits per heavy atom. The van der Waals surface area contributed by atoms with E-state index >= 15 is 0 Å². The van der Waals surface area contributed by atoms with Gasteiger partial charge in [0.1, 0.15) is 18.0 Å². The molecular formula is C27H28N6O3. The minimum atomic E-state index is -0.406. The van der Waals surface area contributed by atoms with Crippen LogP contribution < -0.4 is 15.4 Å². The third-order valence-corrected chi connectivity index (χ3v) is 6.72. The van der Waals surface area contributed by atoms with Crippen molar-refractivity contribution in [2.24, 2.45) is 0 Å². The first-order valence-electron chi connectivity index (χ1n) is 12.2. The summed E-state index contributed by atoms with van der Waals surface area (Å²) in [6, 6.07) is 19.8. The van der Waals surface area contributed by atoms with Gasteiger partial charge in [-0.15, -0.1) is 10.2 Å². The molecule has 2 saturated heterocycles. The average molecular weight is 485 g/mol. The number of nitrogens with two attached hydrogens (primary N) is 1. The lowest BCUT2D eigenvalue weighted by molar-refractivity contribution is -0.169. The van der Waals surface area contributed by atoms with Crippen molar-refractivity contribution >= 4 is 11.5 Å². The Bertz CT molecular complexity index is 1330. The van der Waals surface area contributed by atoms with E-state index in [2.05, 4.69) is 20.2 Å². The van der Waals surface area contributed by atoms with E-state index in [4.69, 9.17) is 19.9 Å². The quantitative estimate of drug-likeness (QED) is 0.441. The smallest absolute Gasteiger partial charge is 0.172 e. The third-order valence-electron chi connectivity index (χ3n) is 6.72. The van der Waals surface area contributed by atoms with Gasteiger partial charge in [-0.3, -0.25) is 0 Å². The van der Waals surface area contributed by atoms with Crippen molar-refractivity contribution in [3.05, 3.63) is 78.6 Å². The van der Waals surface area contributed by atoms with Crippen LogP contribution in [-0.2, 0) is 16.1 Å². The topological polar surface area (TPSA) is 101 Å². The van der Waals surface area contributed by atoms with Crippen LogP contribution >= 0.6 is 0 Å². The van der Waals surface area contributed by atoms with Gasteiger partial charge in [0.2, 0.25) is 0 Å². The van der Waals surface area contributed by atoms with E-state index in [0.717, 1.165) is 48.5 Å². The molecule has 2 N–H and O–H groups in total. The Hall–Kier alpha value is -3.95. The summed E-state index contributed by atoms with van der Waals surface area (Å²) in [7, 11) is 0. The zero-order valence-corrected chi connectivity index (χ0v) is 19.9. The molecule has 9 nitrogen and oxygen atoms in total. The molecular weight excluding hydrogens is 456 g/mol. The SMILES string of the molecule is Nc1nnc(-c2ccccc2OCc2ccccc2)cc1-n1cc(N2CCC3(CC2)OCCO3)cn1. The van der Waals surface area contributed by atoms with Crippen LogP contribution in [0.3, 0.4) is 0 Å². The molecule has 0 amide bonds. The first-order valence-corrected chi connectivity index (χ1v) is 12.2.